The van der Waals surface area contributed by atoms with Crippen LogP contribution in [0.15, 0.2) is 30.7 Å². The predicted octanol–water partition coefficient (Wildman–Crippen LogP) is 2.99. The lowest BCUT2D eigenvalue weighted by Crippen LogP contribution is -2.15. The van der Waals surface area contributed by atoms with E-state index in [0.29, 0.717) is 6.54 Å². The molecule has 0 bridgehead atoms. The van der Waals surface area contributed by atoms with Crippen molar-refractivity contribution in [3.05, 3.63) is 52.8 Å². The van der Waals surface area contributed by atoms with Crippen molar-refractivity contribution in [3.63, 3.8) is 0 Å². The van der Waals surface area contributed by atoms with Gasteiger partial charge in [-0.1, -0.05) is 17.7 Å². The number of benzene rings is 1. The normalized spacial score (nSPS) is 10.8. The Hall–Kier alpha value is -1.39. The molecule has 0 unspecified atom stereocenters. The van der Waals surface area contributed by atoms with Crippen molar-refractivity contribution in [1.29, 1.82) is 0 Å². The zero-order valence-electron chi connectivity index (χ0n) is 10.2. The minimum absolute atomic E-state index is 0.160. The Balaban J connectivity index is 1.90. The van der Waals surface area contributed by atoms with Crippen LogP contribution in [-0.2, 0) is 19.6 Å². The Bertz CT molecular complexity index is 525. The highest BCUT2D eigenvalue weighted by Gasteiger charge is 2.02. The molecule has 0 amide bonds. The Labute approximate surface area is 111 Å². The second kappa shape index (κ2) is 5.98. The number of hydrogen-bond acceptors (Lipinski definition) is 2. The molecular formula is C13H15ClFN3. The number of rotatable bonds is 5. The maximum absolute atomic E-state index is 13.0. The summed E-state index contributed by atoms with van der Waals surface area (Å²) in [6.07, 6.45) is 3.65. The maximum atomic E-state index is 13.0. The first-order valence-corrected chi connectivity index (χ1v) is 6.22. The number of nitrogens with zero attached hydrogens (tertiary/aromatic N) is 2. The molecule has 96 valence electrons. The number of halogens is 2. The lowest BCUT2D eigenvalue weighted by atomic mass is 10.2. The topological polar surface area (TPSA) is 29.9 Å². The summed E-state index contributed by atoms with van der Waals surface area (Å²) < 4.78 is 15.1. The van der Waals surface area contributed by atoms with Crippen LogP contribution in [0.1, 0.15) is 18.2 Å². The van der Waals surface area contributed by atoms with Crippen molar-refractivity contribution >= 4 is 11.6 Å². The highest BCUT2D eigenvalue weighted by atomic mass is 35.5. The molecule has 5 heteroatoms. The van der Waals surface area contributed by atoms with E-state index in [9.17, 15) is 4.39 Å². The highest BCUT2D eigenvalue weighted by Crippen LogP contribution is 2.15. The standard InChI is InChI=1S/C13H15ClFN3/c1-2-18-9-17-8-11(18)7-16-6-10-3-4-13(15)12(14)5-10/h3-5,8-9,16H,2,6-7H2,1H3. The molecule has 0 saturated heterocycles. The average molecular weight is 268 g/mol. The molecule has 0 radical (unpaired) electrons. The fourth-order valence-electron chi connectivity index (χ4n) is 1.76. The van der Waals surface area contributed by atoms with Crippen LogP contribution in [0.4, 0.5) is 4.39 Å². The van der Waals surface area contributed by atoms with Gasteiger partial charge in [-0.05, 0) is 24.6 Å². The van der Waals surface area contributed by atoms with Crippen LogP contribution >= 0.6 is 11.6 Å². The fourth-order valence-corrected chi connectivity index (χ4v) is 1.97. The first-order valence-electron chi connectivity index (χ1n) is 5.84. The van der Waals surface area contributed by atoms with Gasteiger partial charge >= 0.3 is 0 Å². The highest BCUT2D eigenvalue weighted by molar-refractivity contribution is 6.30. The summed E-state index contributed by atoms with van der Waals surface area (Å²) in [4.78, 5) is 4.10. The van der Waals surface area contributed by atoms with E-state index in [0.717, 1.165) is 24.3 Å². The SMILES string of the molecule is CCn1cncc1CNCc1ccc(F)c(Cl)c1. The zero-order valence-corrected chi connectivity index (χ0v) is 10.9. The van der Waals surface area contributed by atoms with Crippen molar-refractivity contribution in [1.82, 2.24) is 14.9 Å². The van der Waals surface area contributed by atoms with Gasteiger partial charge in [0.25, 0.3) is 0 Å². The number of hydrogen-bond donors (Lipinski definition) is 1. The molecule has 1 aromatic carbocycles. The smallest absolute Gasteiger partial charge is 0.141 e. The Morgan fingerprint density at radius 3 is 2.94 bits per heavy atom. The molecule has 2 rings (SSSR count). The molecular weight excluding hydrogens is 253 g/mol. The van der Waals surface area contributed by atoms with Gasteiger partial charge in [-0.2, -0.15) is 0 Å². The third-order valence-electron chi connectivity index (χ3n) is 2.76. The van der Waals surface area contributed by atoms with Crippen molar-refractivity contribution < 1.29 is 4.39 Å². The average Bonchev–Trinajstić information content (AvgIpc) is 2.81. The van der Waals surface area contributed by atoms with Gasteiger partial charge in [0.2, 0.25) is 0 Å². The summed E-state index contributed by atoms with van der Waals surface area (Å²) in [5, 5.41) is 3.44. The molecule has 0 aliphatic carbocycles. The van der Waals surface area contributed by atoms with E-state index in [1.54, 1.807) is 12.1 Å². The van der Waals surface area contributed by atoms with E-state index in [-0.39, 0.29) is 10.8 Å². The molecule has 0 atom stereocenters. The van der Waals surface area contributed by atoms with E-state index in [1.165, 1.54) is 6.07 Å². The zero-order chi connectivity index (χ0) is 13.0. The Kier molecular flexibility index (Phi) is 4.33. The largest absolute Gasteiger partial charge is 0.334 e. The van der Waals surface area contributed by atoms with E-state index in [1.807, 2.05) is 12.5 Å². The van der Waals surface area contributed by atoms with Crippen molar-refractivity contribution in [3.8, 4) is 0 Å². The van der Waals surface area contributed by atoms with E-state index >= 15 is 0 Å². The third kappa shape index (κ3) is 3.09. The molecule has 0 spiro atoms. The summed E-state index contributed by atoms with van der Waals surface area (Å²) in [7, 11) is 0. The van der Waals surface area contributed by atoms with Gasteiger partial charge in [0.05, 0.1) is 17.0 Å². The summed E-state index contributed by atoms with van der Waals surface area (Å²) >= 11 is 5.72. The van der Waals surface area contributed by atoms with Crippen molar-refractivity contribution in [2.75, 3.05) is 0 Å². The van der Waals surface area contributed by atoms with E-state index in [2.05, 4.69) is 21.8 Å². The van der Waals surface area contributed by atoms with Crippen LogP contribution in [0.25, 0.3) is 0 Å². The van der Waals surface area contributed by atoms with Crippen LogP contribution in [0.2, 0.25) is 5.02 Å². The van der Waals surface area contributed by atoms with Gasteiger partial charge in [0.1, 0.15) is 5.82 Å². The van der Waals surface area contributed by atoms with Gasteiger partial charge in [0, 0.05) is 25.8 Å². The van der Waals surface area contributed by atoms with Crippen LogP contribution in [0.3, 0.4) is 0 Å². The molecule has 0 fully saturated rings. The second-order valence-corrected chi connectivity index (χ2v) is 4.43. The number of nitrogens with one attached hydrogen (secondary N) is 1. The summed E-state index contributed by atoms with van der Waals surface area (Å²) in [5.41, 5.74) is 2.09. The first kappa shape index (κ1) is 13.1. The Morgan fingerprint density at radius 2 is 2.22 bits per heavy atom. The number of aromatic nitrogens is 2. The molecule has 0 aliphatic rings. The van der Waals surface area contributed by atoms with E-state index in [4.69, 9.17) is 11.6 Å². The minimum atomic E-state index is -0.385. The quantitative estimate of drug-likeness (QED) is 0.903. The van der Waals surface area contributed by atoms with Crippen LogP contribution in [0, 0.1) is 5.82 Å². The van der Waals surface area contributed by atoms with Crippen LogP contribution in [-0.4, -0.2) is 9.55 Å². The summed E-state index contributed by atoms with van der Waals surface area (Å²) in [5.74, 6) is -0.385. The monoisotopic (exact) mass is 267 g/mol. The number of imidazole rings is 1. The fraction of sp³-hybridized carbons (Fsp3) is 0.308. The van der Waals surface area contributed by atoms with Crippen LogP contribution in [0.5, 0.6) is 0 Å². The second-order valence-electron chi connectivity index (χ2n) is 4.02. The molecule has 1 N–H and O–H groups in total. The lowest BCUT2D eigenvalue weighted by Gasteiger charge is -2.07. The molecule has 1 heterocycles. The third-order valence-corrected chi connectivity index (χ3v) is 3.05. The van der Waals surface area contributed by atoms with Crippen LogP contribution < -0.4 is 5.32 Å². The summed E-state index contributed by atoms with van der Waals surface area (Å²) in [6, 6.07) is 4.75. The van der Waals surface area contributed by atoms with Gasteiger partial charge in [0.15, 0.2) is 0 Å². The van der Waals surface area contributed by atoms with Crippen molar-refractivity contribution in [2.45, 2.75) is 26.6 Å². The first-order chi connectivity index (χ1) is 8.70. The lowest BCUT2D eigenvalue weighted by molar-refractivity contribution is 0.618. The molecule has 0 saturated carbocycles. The molecule has 0 aliphatic heterocycles. The molecule has 3 nitrogen and oxygen atoms in total. The van der Waals surface area contributed by atoms with Crippen molar-refractivity contribution in [2.24, 2.45) is 0 Å². The number of aryl methyl sites for hydroxylation is 1. The molecule has 2 aromatic rings. The van der Waals surface area contributed by atoms with Gasteiger partial charge in [-0.15, -0.1) is 0 Å². The molecule has 18 heavy (non-hydrogen) atoms. The van der Waals surface area contributed by atoms with E-state index < -0.39 is 0 Å². The Morgan fingerprint density at radius 1 is 1.39 bits per heavy atom. The predicted molar refractivity (Wildman–Crippen MR) is 69.9 cm³/mol. The maximum Gasteiger partial charge on any atom is 0.141 e. The summed E-state index contributed by atoms with van der Waals surface area (Å²) in [6.45, 7) is 4.35. The minimum Gasteiger partial charge on any atom is -0.334 e. The van der Waals surface area contributed by atoms with Gasteiger partial charge in [-0.3, -0.25) is 0 Å². The molecule has 1 aromatic heterocycles. The van der Waals surface area contributed by atoms with Gasteiger partial charge < -0.3 is 9.88 Å². The van der Waals surface area contributed by atoms with Gasteiger partial charge in [-0.25, -0.2) is 9.37 Å².